The minimum Gasteiger partial charge on any atom is -0.491 e. The van der Waals surface area contributed by atoms with Gasteiger partial charge in [-0.05, 0) is 37.8 Å². The molecule has 0 aliphatic carbocycles. The lowest BCUT2D eigenvalue weighted by Gasteiger charge is -2.16. The molecule has 0 amide bonds. The van der Waals surface area contributed by atoms with Crippen LogP contribution in [0.3, 0.4) is 0 Å². The minimum absolute atomic E-state index is 0. The van der Waals surface area contributed by atoms with Gasteiger partial charge in [0.25, 0.3) is 0 Å². The third kappa shape index (κ3) is 8.09. The fourth-order valence-electron chi connectivity index (χ4n) is 2.80. The Morgan fingerprint density at radius 3 is 2.85 bits per heavy atom. The number of aryl methyl sites for hydroxylation is 1. The van der Waals surface area contributed by atoms with Crippen molar-refractivity contribution in [2.24, 2.45) is 4.99 Å². The Kier molecular flexibility index (Phi) is 11.6. The summed E-state index contributed by atoms with van der Waals surface area (Å²) in [6, 6.07) is 6.23. The van der Waals surface area contributed by atoms with E-state index in [0.717, 1.165) is 36.8 Å². The number of nitrogens with zero attached hydrogens (tertiary/aromatic N) is 1. The van der Waals surface area contributed by atoms with Crippen molar-refractivity contribution in [1.29, 1.82) is 0 Å². The predicted octanol–water partition coefficient (Wildman–Crippen LogP) is 2.87. The van der Waals surface area contributed by atoms with Gasteiger partial charge in [0.05, 0.1) is 12.7 Å². The zero-order chi connectivity index (χ0) is 17.9. The number of nitrogens with one attached hydrogen (secondary N) is 2. The molecule has 148 valence electrons. The highest BCUT2D eigenvalue weighted by molar-refractivity contribution is 14.0. The highest BCUT2D eigenvalue weighted by Gasteiger charge is 2.14. The molecule has 2 rings (SSSR count). The maximum Gasteiger partial charge on any atom is 0.191 e. The summed E-state index contributed by atoms with van der Waals surface area (Å²) in [7, 11) is 3.46. The highest BCUT2D eigenvalue weighted by atomic mass is 127. The van der Waals surface area contributed by atoms with Crippen molar-refractivity contribution in [2.45, 2.75) is 38.8 Å². The molecule has 0 aromatic heterocycles. The molecule has 7 heteroatoms. The second kappa shape index (κ2) is 13.2. The lowest BCUT2D eigenvalue weighted by molar-refractivity contribution is 0.105. The van der Waals surface area contributed by atoms with Gasteiger partial charge < -0.3 is 24.8 Å². The summed E-state index contributed by atoms with van der Waals surface area (Å²) >= 11 is 0. The second-order valence-corrected chi connectivity index (χ2v) is 6.23. The molecular formula is C19H32IN3O3. The van der Waals surface area contributed by atoms with Crippen molar-refractivity contribution in [3.05, 3.63) is 29.3 Å². The Morgan fingerprint density at radius 1 is 1.31 bits per heavy atom. The van der Waals surface area contributed by atoms with E-state index in [2.05, 4.69) is 40.7 Å². The molecular weight excluding hydrogens is 445 g/mol. The predicted molar refractivity (Wildman–Crippen MR) is 116 cm³/mol. The van der Waals surface area contributed by atoms with E-state index < -0.39 is 0 Å². The van der Waals surface area contributed by atoms with Crippen LogP contribution in [0.15, 0.2) is 23.2 Å². The average Bonchev–Trinajstić information content (AvgIpc) is 3.13. The van der Waals surface area contributed by atoms with Crippen molar-refractivity contribution in [3.63, 3.8) is 0 Å². The van der Waals surface area contributed by atoms with E-state index in [1.165, 1.54) is 18.4 Å². The van der Waals surface area contributed by atoms with E-state index >= 15 is 0 Å². The molecule has 1 saturated heterocycles. The molecule has 1 aliphatic rings. The van der Waals surface area contributed by atoms with E-state index in [9.17, 15) is 0 Å². The smallest absolute Gasteiger partial charge is 0.191 e. The number of aliphatic imine (C=N–C) groups is 1. The fraction of sp³-hybridized carbons (Fsp3) is 0.632. The van der Waals surface area contributed by atoms with Gasteiger partial charge in [-0.2, -0.15) is 0 Å². The Labute approximate surface area is 174 Å². The molecule has 6 nitrogen and oxygen atoms in total. The summed E-state index contributed by atoms with van der Waals surface area (Å²) in [5.41, 5.74) is 2.28. The number of hydrogen-bond donors (Lipinski definition) is 2. The molecule has 1 aromatic rings. The van der Waals surface area contributed by atoms with Crippen LogP contribution in [0, 0.1) is 6.92 Å². The average molecular weight is 477 g/mol. The van der Waals surface area contributed by atoms with Gasteiger partial charge in [0.2, 0.25) is 0 Å². The molecule has 1 aliphatic heterocycles. The van der Waals surface area contributed by atoms with Gasteiger partial charge in [-0.1, -0.05) is 12.1 Å². The van der Waals surface area contributed by atoms with Crippen LogP contribution in [0.5, 0.6) is 5.75 Å². The molecule has 0 bridgehead atoms. The van der Waals surface area contributed by atoms with Gasteiger partial charge in [-0.15, -0.1) is 24.0 Å². The number of hydrogen-bond acceptors (Lipinski definition) is 4. The third-order valence-corrected chi connectivity index (χ3v) is 4.22. The van der Waals surface area contributed by atoms with Crippen molar-refractivity contribution in [2.75, 3.05) is 40.5 Å². The molecule has 0 saturated carbocycles. The van der Waals surface area contributed by atoms with Gasteiger partial charge in [0, 0.05) is 39.4 Å². The molecule has 1 aromatic carbocycles. The fourth-order valence-corrected chi connectivity index (χ4v) is 2.80. The molecule has 26 heavy (non-hydrogen) atoms. The Bertz CT molecular complexity index is 549. The first-order valence-corrected chi connectivity index (χ1v) is 9.00. The van der Waals surface area contributed by atoms with Gasteiger partial charge in [0.1, 0.15) is 12.4 Å². The maximum atomic E-state index is 5.83. The molecule has 2 N–H and O–H groups in total. The van der Waals surface area contributed by atoms with E-state index in [1.807, 2.05) is 0 Å². The van der Waals surface area contributed by atoms with Gasteiger partial charge in [-0.3, -0.25) is 4.99 Å². The van der Waals surface area contributed by atoms with Crippen LogP contribution in [0.4, 0.5) is 0 Å². The van der Waals surface area contributed by atoms with E-state index in [-0.39, 0.29) is 24.0 Å². The lowest BCUT2D eigenvalue weighted by Crippen LogP contribution is -2.38. The van der Waals surface area contributed by atoms with Crippen LogP contribution in [0.25, 0.3) is 0 Å². The first-order valence-electron chi connectivity index (χ1n) is 9.00. The molecule has 1 fully saturated rings. The number of benzene rings is 1. The van der Waals surface area contributed by atoms with E-state index in [0.29, 0.717) is 25.9 Å². The Morgan fingerprint density at radius 2 is 2.15 bits per heavy atom. The number of ether oxygens (including phenoxy) is 3. The zero-order valence-electron chi connectivity index (χ0n) is 16.0. The second-order valence-electron chi connectivity index (χ2n) is 6.23. The largest absolute Gasteiger partial charge is 0.491 e. The zero-order valence-corrected chi connectivity index (χ0v) is 18.4. The summed E-state index contributed by atoms with van der Waals surface area (Å²) in [6.07, 6.45) is 3.75. The monoisotopic (exact) mass is 477 g/mol. The van der Waals surface area contributed by atoms with Gasteiger partial charge >= 0.3 is 0 Å². The van der Waals surface area contributed by atoms with E-state index in [4.69, 9.17) is 14.2 Å². The van der Waals surface area contributed by atoms with Crippen LogP contribution >= 0.6 is 24.0 Å². The summed E-state index contributed by atoms with van der Waals surface area (Å²) in [5.74, 6) is 1.68. The summed E-state index contributed by atoms with van der Waals surface area (Å²) in [6.45, 7) is 5.59. The molecule has 0 radical (unpaired) electrons. The molecule has 0 spiro atoms. The first kappa shape index (κ1) is 23.0. The summed E-state index contributed by atoms with van der Waals surface area (Å²) < 4.78 is 16.5. The summed E-state index contributed by atoms with van der Waals surface area (Å²) in [4.78, 5) is 4.28. The number of methoxy groups -OCH3 is 1. The third-order valence-electron chi connectivity index (χ3n) is 4.22. The highest BCUT2D eigenvalue weighted by Crippen LogP contribution is 2.20. The number of guanidine groups is 1. The molecule has 1 heterocycles. The van der Waals surface area contributed by atoms with E-state index in [1.54, 1.807) is 14.2 Å². The normalized spacial score (nSPS) is 16.9. The SMILES string of the molecule is CN=C(NCCC1CCCO1)NCc1ccc(C)cc1OCCOC.I. The lowest BCUT2D eigenvalue weighted by atomic mass is 10.1. The minimum atomic E-state index is 0. The van der Waals surface area contributed by atoms with Crippen LogP contribution in [-0.4, -0.2) is 52.6 Å². The number of halogens is 1. The van der Waals surface area contributed by atoms with Gasteiger partial charge in [0.15, 0.2) is 5.96 Å². The Balaban J connectivity index is 0.00000338. The van der Waals surface area contributed by atoms with Crippen LogP contribution in [0.2, 0.25) is 0 Å². The van der Waals surface area contributed by atoms with Crippen molar-refractivity contribution >= 4 is 29.9 Å². The van der Waals surface area contributed by atoms with Crippen molar-refractivity contribution in [3.8, 4) is 5.75 Å². The number of rotatable bonds is 9. The molecule has 1 atom stereocenters. The van der Waals surface area contributed by atoms with Crippen LogP contribution in [0.1, 0.15) is 30.4 Å². The van der Waals surface area contributed by atoms with Gasteiger partial charge in [-0.25, -0.2) is 0 Å². The summed E-state index contributed by atoms with van der Waals surface area (Å²) in [5, 5.41) is 6.70. The van der Waals surface area contributed by atoms with Crippen LogP contribution < -0.4 is 15.4 Å². The maximum absolute atomic E-state index is 5.83. The topological polar surface area (TPSA) is 64.1 Å². The standard InChI is InChI=1S/C19H31N3O3.HI/c1-15-6-7-16(18(13-15)25-12-11-23-3)14-22-19(20-2)21-9-8-17-5-4-10-24-17;/h6-7,13,17H,4-5,8-12,14H2,1-3H3,(H2,20,21,22);1H. The van der Waals surface area contributed by atoms with Crippen molar-refractivity contribution in [1.82, 2.24) is 10.6 Å². The quantitative estimate of drug-likeness (QED) is 0.248. The Hall–Kier alpha value is -1.06. The van der Waals surface area contributed by atoms with Crippen LogP contribution in [-0.2, 0) is 16.0 Å². The molecule has 1 unspecified atom stereocenters. The van der Waals surface area contributed by atoms with Crippen molar-refractivity contribution < 1.29 is 14.2 Å². The first-order chi connectivity index (χ1) is 12.2.